The van der Waals surface area contributed by atoms with Crippen LogP contribution in [0.3, 0.4) is 0 Å². The van der Waals surface area contributed by atoms with Crippen LogP contribution >= 0.6 is 23.2 Å². The summed E-state index contributed by atoms with van der Waals surface area (Å²) in [5.41, 5.74) is 2.35. The first-order valence-electron chi connectivity index (χ1n) is 11.3. The molecular formula is C27H24Cl2FN3O3. The number of aromatic nitrogens is 3. The number of benzene rings is 2. The summed E-state index contributed by atoms with van der Waals surface area (Å²) in [6.07, 6.45) is 3.49. The van der Waals surface area contributed by atoms with Gasteiger partial charge in [-0.05, 0) is 36.2 Å². The summed E-state index contributed by atoms with van der Waals surface area (Å²) in [4.78, 5) is 4.55. The molecule has 0 N–H and O–H groups in total. The molecule has 0 fully saturated rings. The van der Waals surface area contributed by atoms with Gasteiger partial charge in [-0.3, -0.25) is 4.98 Å². The van der Waals surface area contributed by atoms with Crippen molar-refractivity contribution in [1.82, 2.24) is 15.2 Å². The van der Waals surface area contributed by atoms with E-state index in [0.29, 0.717) is 51.3 Å². The molecule has 0 spiro atoms. The number of rotatable bonds is 9. The summed E-state index contributed by atoms with van der Waals surface area (Å²) >= 11 is 13.3. The molecule has 0 unspecified atom stereocenters. The molecule has 2 heterocycles. The van der Waals surface area contributed by atoms with Crippen molar-refractivity contribution in [1.29, 1.82) is 0 Å². The van der Waals surface area contributed by atoms with Crippen LogP contribution < -0.4 is 14.2 Å². The molecule has 0 atom stereocenters. The Labute approximate surface area is 219 Å². The van der Waals surface area contributed by atoms with Crippen molar-refractivity contribution in [2.24, 2.45) is 0 Å². The molecule has 0 aliphatic rings. The van der Waals surface area contributed by atoms with Gasteiger partial charge in [-0.15, -0.1) is 10.2 Å². The van der Waals surface area contributed by atoms with Gasteiger partial charge in [0.1, 0.15) is 28.8 Å². The predicted octanol–water partition coefficient (Wildman–Crippen LogP) is 7.51. The average Bonchev–Trinajstić information content (AvgIpc) is 2.89. The number of pyridine rings is 1. The summed E-state index contributed by atoms with van der Waals surface area (Å²) in [5.74, 6) is 1.13. The van der Waals surface area contributed by atoms with Gasteiger partial charge in [-0.1, -0.05) is 48.7 Å². The molecule has 4 aromatic rings. The first-order valence-corrected chi connectivity index (χ1v) is 12.1. The van der Waals surface area contributed by atoms with Gasteiger partial charge in [0.2, 0.25) is 0 Å². The summed E-state index contributed by atoms with van der Waals surface area (Å²) in [7, 11) is 3.09. The lowest BCUT2D eigenvalue weighted by atomic mass is 9.93. The molecule has 9 heteroatoms. The van der Waals surface area contributed by atoms with Crippen LogP contribution in [-0.4, -0.2) is 36.0 Å². The van der Waals surface area contributed by atoms with E-state index < -0.39 is 5.82 Å². The minimum absolute atomic E-state index is 0.0564. The summed E-state index contributed by atoms with van der Waals surface area (Å²) < 4.78 is 31.6. The lowest BCUT2D eigenvalue weighted by molar-refractivity contribution is 0.308. The molecule has 2 aromatic heterocycles. The van der Waals surface area contributed by atoms with Gasteiger partial charge in [0.15, 0.2) is 5.15 Å². The second-order valence-electron chi connectivity index (χ2n) is 7.87. The Morgan fingerprint density at radius 2 is 1.58 bits per heavy atom. The van der Waals surface area contributed by atoms with Gasteiger partial charge in [0, 0.05) is 23.3 Å². The maximum Gasteiger partial charge on any atom is 0.161 e. The van der Waals surface area contributed by atoms with E-state index in [1.165, 1.54) is 6.07 Å². The zero-order valence-corrected chi connectivity index (χ0v) is 21.5. The van der Waals surface area contributed by atoms with E-state index in [0.717, 1.165) is 12.8 Å². The fraction of sp³-hybridized carbons (Fsp3) is 0.222. The lowest BCUT2D eigenvalue weighted by Crippen LogP contribution is -2.02. The smallest absolute Gasteiger partial charge is 0.161 e. The SMILES string of the molecule is CCCCOc1cnc(-c2c(Cl)nnc(-c3ccccc3F)c2-c2cc(OC)cc(OC)c2)c(Cl)c1. The number of nitrogens with zero attached hydrogens (tertiary/aromatic N) is 3. The average molecular weight is 528 g/mol. The van der Waals surface area contributed by atoms with Gasteiger partial charge in [0.25, 0.3) is 0 Å². The van der Waals surface area contributed by atoms with E-state index in [4.69, 9.17) is 37.4 Å². The van der Waals surface area contributed by atoms with E-state index in [-0.39, 0.29) is 16.4 Å². The quantitative estimate of drug-likeness (QED) is 0.210. The Kier molecular flexibility index (Phi) is 8.23. The molecule has 0 amide bonds. The van der Waals surface area contributed by atoms with Crippen LogP contribution in [-0.2, 0) is 0 Å². The molecule has 6 nitrogen and oxygen atoms in total. The molecule has 0 bridgehead atoms. The van der Waals surface area contributed by atoms with Crippen molar-refractivity contribution >= 4 is 23.2 Å². The zero-order chi connectivity index (χ0) is 25.7. The Bertz CT molecular complexity index is 1360. The van der Waals surface area contributed by atoms with E-state index in [1.807, 2.05) is 0 Å². The largest absolute Gasteiger partial charge is 0.497 e. The van der Waals surface area contributed by atoms with Crippen LogP contribution in [0, 0.1) is 5.82 Å². The van der Waals surface area contributed by atoms with Crippen molar-refractivity contribution in [3.63, 3.8) is 0 Å². The van der Waals surface area contributed by atoms with E-state index >= 15 is 0 Å². The van der Waals surface area contributed by atoms with Gasteiger partial charge in [-0.25, -0.2) is 4.39 Å². The highest BCUT2D eigenvalue weighted by atomic mass is 35.5. The molecule has 36 heavy (non-hydrogen) atoms. The van der Waals surface area contributed by atoms with E-state index in [2.05, 4.69) is 22.1 Å². The molecule has 2 aromatic carbocycles. The third kappa shape index (κ3) is 5.37. The lowest BCUT2D eigenvalue weighted by Gasteiger charge is -2.18. The first-order chi connectivity index (χ1) is 17.5. The molecule has 0 radical (unpaired) electrons. The zero-order valence-electron chi connectivity index (χ0n) is 20.0. The fourth-order valence-corrected chi connectivity index (χ4v) is 4.20. The third-order valence-corrected chi connectivity index (χ3v) is 6.07. The molecule has 0 aliphatic heterocycles. The Morgan fingerprint density at radius 3 is 2.22 bits per heavy atom. The molecular weight excluding hydrogens is 504 g/mol. The number of ether oxygens (including phenoxy) is 3. The minimum atomic E-state index is -0.463. The number of hydrogen-bond acceptors (Lipinski definition) is 6. The van der Waals surface area contributed by atoms with Gasteiger partial charge < -0.3 is 14.2 Å². The summed E-state index contributed by atoms with van der Waals surface area (Å²) in [5, 5.41) is 8.76. The molecule has 186 valence electrons. The van der Waals surface area contributed by atoms with Crippen molar-refractivity contribution in [2.75, 3.05) is 20.8 Å². The van der Waals surface area contributed by atoms with Crippen LogP contribution in [0.4, 0.5) is 4.39 Å². The number of halogens is 3. The van der Waals surface area contributed by atoms with Crippen molar-refractivity contribution < 1.29 is 18.6 Å². The molecule has 0 saturated heterocycles. The Morgan fingerprint density at radius 1 is 0.861 bits per heavy atom. The fourth-order valence-electron chi connectivity index (χ4n) is 3.72. The summed E-state index contributed by atoms with van der Waals surface area (Å²) in [6, 6.07) is 13.3. The van der Waals surface area contributed by atoms with Crippen LogP contribution in [0.15, 0.2) is 54.7 Å². The van der Waals surface area contributed by atoms with Gasteiger partial charge >= 0.3 is 0 Å². The maximum absolute atomic E-state index is 15.0. The number of methoxy groups -OCH3 is 2. The molecule has 4 rings (SSSR count). The second-order valence-corrected chi connectivity index (χ2v) is 8.64. The van der Waals surface area contributed by atoms with E-state index in [9.17, 15) is 4.39 Å². The molecule has 0 saturated carbocycles. The number of hydrogen-bond donors (Lipinski definition) is 0. The Hall–Kier alpha value is -3.42. The highest BCUT2D eigenvalue weighted by molar-refractivity contribution is 6.36. The monoisotopic (exact) mass is 527 g/mol. The van der Waals surface area contributed by atoms with Crippen LogP contribution in [0.1, 0.15) is 19.8 Å². The first kappa shape index (κ1) is 25.7. The predicted molar refractivity (Wildman–Crippen MR) is 140 cm³/mol. The second kappa shape index (κ2) is 11.5. The minimum Gasteiger partial charge on any atom is -0.497 e. The highest BCUT2D eigenvalue weighted by Crippen LogP contribution is 2.45. The normalized spacial score (nSPS) is 10.8. The van der Waals surface area contributed by atoms with E-state index in [1.54, 1.807) is 62.9 Å². The summed E-state index contributed by atoms with van der Waals surface area (Å²) in [6.45, 7) is 2.64. The van der Waals surface area contributed by atoms with Crippen molar-refractivity contribution in [3.05, 3.63) is 70.7 Å². The van der Waals surface area contributed by atoms with Gasteiger partial charge in [-0.2, -0.15) is 0 Å². The van der Waals surface area contributed by atoms with Crippen LogP contribution in [0.5, 0.6) is 17.2 Å². The Balaban J connectivity index is 2.00. The number of unbranched alkanes of at least 4 members (excludes halogenated alkanes) is 1. The maximum atomic E-state index is 15.0. The third-order valence-electron chi connectivity index (χ3n) is 5.52. The standard InChI is InChI=1S/C27H24Cl2FN3O3/c1-4-5-10-36-19-14-21(28)26(31-15-19)24-23(16-11-17(34-2)13-18(12-16)35-3)25(32-33-27(24)29)20-8-6-7-9-22(20)30/h6-9,11-15H,4-5,10H2,1-3H3. The van der Waals surface area contributed by atoms with Gasteiger partial charge in [0.05, 0.1) is 43.3 Å². The highest BCUT2D eigenvalue weighted by Gasteiger charge is 2.25. The van der Waals surface area contributed by atoms with Crippen LogP contribution in [0.25, 0.3) is 33.6 Å². The molecule has 0 aliphatic carbocycles. The van der Waals surface area contributed by atoms with Crippen molar-refractivity contribution in [2.45, 2.75) is 19.8 Å². The topological polar surface area (TPSA) is 66.4 Å². The van der Waals surface area contributed by atoms with Crippen LogP contribution in [0.2, 0.25) is 10.2 Å². The van der Waals surface area contributed by atoms with Crippen molar-refractivity contribution in [3.8, 4) is 50.9 Å².